The molecule has 208 valence electrons. The van der Waals surface area contributed by atoms with Crippen molar-refractivity contribution in [2.45, 2.75) is 155 Å². The minimum atomic E-state index is -3.99. The summed E-state index contributed by atoms with van der Waals surface area (Å²) in [6.45, 7) is 4.39. The summed E-state index contributed by atoms with van der Waals surface area (Å²) in [5.41, 5.74) is 0. The van der Waals surface area contributed by atoms with Crippen LogP contribution in [0.5, 0.6) is 0 Å². The van der Waals surface area contributed by atoms with E-state index in [1.807, 2.05) is 0 Å². The van der Waals surface area contributed by atoms with Gasteiger partial charge >= 0.3 is 59.1 Å². The zero-order valence-corrected chi connectivity index (χ0v) is 29.9. The van der Waals surface area contributed by atoms with Crippen molar-refractivity contribution >= 4 is 20.2 Å². The van der Waals surface area contributed by atoms with Crippen molar-refractivity contribution < 1.29 is 85.1 Å². The first kappa shape index (κ1) is 44.8. The van der Waals surface area contributed by atoms with Gasteiger partial charge in [-0.1, -0.05) is 142 Å². The molecule has 0 atom stereocenters. The summed E-state index contributed by atoms with van der Waals surface area (Å²) in [4.78, 5) is 0. The maximum atomic E-state index is 10.4. The van der Waals surface area contributed by atoms with Crippen molar-refractivity contribution in [3.05, 3.63) is 0 Å². The van der Waals surface area contributed by atoms with Gasteiger partial charge in [-0.15, -0.1) is 0 Å². The first-order valence-electron chi connectivity index (χ1n) is 14.0. The molecular weight excluding hydrogens is 518 g/mol. The van der Waals surface area contributed by atoms with E-state index >= 15 is 0 Å². The maximum Gasteiger partial charge on any atom is 1.00 e. The molecule has 0 radical (unpaired) electrons. The summed E-state index contributed by atoms with van der Waals surface area (Å²) >= 11 is 0. The molecule has 0 saturated heterocycles. The van der Waals surface area contributed by atoms with Crippen LogP contribution in [0.15, 0.2) is 0 Å². The van der Waals surface area contributed by atoms with Gasteiger partial charge in [0.1, 0.15) is 0 Å². The summed E-state index contributed by atoms with van der Waals surface area (Å²) in [5, 5.41) is 0. The van der Waals surface area contributed by atoms with Gasteiger partial charge < -0.3 is 9.11 Å². The van der Waals surface area contributed by atoms with Crippen LogP contribution in [0.1, 0.15) is 155 Å². The minimum absolute atomic E-state index is 0. The number of unbranched alkanes of at least 4 members (excludes halogenated alkanes) is 20. The largest absolute Gasteiger partial charge is 1.00 e. The van der Waals surface area contributed by atoms with Gasteiger partial charge in [0.05, 0.1) is 20.2 Å². The molecule has 0 saturated carbocycles. The van der Waals surface area contributed by atoms with Crippen LogP contribution < -0.4 is 59.1 Å². The van der Waals surface area contributed by atoms with Crippen LogP contribution in [-0.4, -0.2) is 37.4 Å². The number of hydrogen-bond acceptors (Lipinski definition) is 6. The fourth-order valence-electron chi connectivity index (χ4n) is 3.89. The Morgan fingerprint density at radius 3 is 0.694 bits per heavy atom. The summed E-state index contributed by atoms with van der Waals surface area (Å²) in [5.74, 6) is -0.384. The van der Waals surface area contributed by atoms with Crippen LogP contribution in [0.25, 0.3) is 0 Å². The first-order chi connectivity index (χ1) is 16.1. The molecule has 10 heteroatoms. The van der Waals surface area contributed by atoms with E-state index in [2.05, 4.69) is 13.8 Å². The van der Waals surface area contributed by atoms with Gasteiger partial charge in [0, 0.05) is 11.5 Å². The summed E-state index contributed by atoms with van der Waals surface area (Å²) in [7, 11) is -7.96. The molecule has 0 aliphatic carbocycles. The second kappa shape index (κ2) is 33.0. The zero-order chi connectivity index (χ0) is 26.0. The molecule has 6 nitrogen and oxygen atoms in total. The van der Waals surface area contributed by atoms with E-state index in [0.717, 1.165) is 32.1 Å². The Balaban J connectivity index is -0.000000313. The van der Waals surface area contributed by atoms with Crippen LogP contribution in [0, 0.1) is 0 Å². The van der Waals surface area contributed by atoms with Crippen LogP contribution >= 0.6 is 0 Å². The molecule has 0 aliphatic rings. The van der Waals surface area contributed by atoms with E-state index in [1.54, 1.807) is 0 Å². The predicted molar refractivity (Wildman–Crippen MR) is 142 cm³/mol. The molecule has 0 heterocycles. The first-order valence-corrected chi connectivity index (χ1v) is 17.1. The van der Waals surface area contributed by atoms with E-state index in [4.69, 9.17) is 0 Å². The van der Waals surface area contributed by atoms with Crippen LogP contribution in [0.4, 0.5) is 0 Å². The molecule has 0 bridgehead atoms. The number of rotatable bonds is 24. The average Bonchev–Trinajstić information content (AvgIpc) is 2.75. The molecule has 0 aromatic carbocycles. The van der Waals surface area contributed by atoms with Gasteiger partial charge in [-0.05, 0) is 12.8 Å². The smallest absolute Gasteiger partial charge is 0.748 e. The van der Waals surface area contributed by atoms with Crippen molar-refractivity contribution in [2.75, 3.05) is 11.5 Å². The van der Waals surface area contributed by atoms with E-state index in [0.29, 0.717) is 12.8 Å². The Morgan fingerprint density at radius 1 is 0.361 bits per heavy atom. The van der Waals surface area contributed by atoms with Gasteiger partial charge in [-0.25, -0.2) is 16.8 Å². The van der Waals surface area contributed by atoms with Crippen molar-refractivity contribution in [1.29, 1.82) is 0 Å². The van der Waals surface area contributed by atoms with E-state index in [-0.39, 0.29) is 70.6 Å². The average molecular weight is 573 g/mol. The standard InChI is InChI=1S/C18H38O3S.C8H18O3S.2Na/c1-2-3-4-5-6-7-8-9-10-11-12-13-14-15-16-17-18-22(19,20)21;1-2-3-4-5-6-7-8-12(9,10)11;;/h2-18H2,1H3,(H,19,20,21);2-8H2,1H3,(H,9,10,11);;/q;;2*+1/p-2. The monoisotopic (exact) mass is 572 g/mol. The second-order valence-electron chi connectivity index (χ2n) is 9.59. The van der Waals surface area contributed by atoms with Crippen molar-refractivity contribution in [3.8, 4) is 0 Å². The van der Waals surface area contributed by atoms with Gasteiger partial charge in [0.15, 0.2) is 0 Å². The van der Waals surface area contributed by atoms with Crippen molar-refractivity contribution in [2.24, 2.45) is 0 Å². The molecule has 0 N–H and O–H groups in total. The third kappa shape index (κ3) is 48.8. The normalized spacial score (nSPS) is 11.2. The van der Waals surface area contributed by atoms with E-state index in [1.165, 1.54) is 96.3 Å². The Labute approximate surface area is 269 Å². The van der Waals surface area contributed by atoms with Crippen LogP contribution in [-0.2, 0) is 20.2 Å². The second-order valence-corrected chi connectivity index (χ2v) is 12.6. The Hall–Kier alpha value is 1.82. The summed E-state index contributed by atoms with van der Waals surface area (Å²) in [6.07, 6.45) is 26.0. The minimum Gasteiger partial charge on any atom is -0.748 e. The zero-order valence-electron chi connectivity index (χ0n) is 24.2. The Kier molecular flexibility index (Phi) is 41.1. The summed E-state index contributed by atoms with van der Waals surface area (Å²) in [6, 6.07) is 0. The number of hydrogen-bond donors (Lipinski definition) is 0. The molecule has 36 heavy (non-hydrogen) atoms. The van der Waals surface area contributed by atoms with E-state index < -0.39 is 20.2 Å². The summed E-state index contributed by atoms with van der Waals surface area (Å²) < 4.78 is 61.8. The molecule has 0 aromatic rings. The molecule has 0 spiro atoms. The third-order valence-corrected chi connectivity index (χ3v) is 7.57. The van der Waals surface area contributed by atoms with Crippen molar-refractivity contribution in [3.63, 3.8) is 0 Å². The molecule has 0 aromatic heterocycles. The van der Waals surface area contributed by atoms with Gasteiger partial charge in [0.25, 0.3) is 0 Å². The topological polar surface area (TPSA) is 114 Å². The molecule has 0 unspecified atom stereocenters. The van der Waals surface area contributed by atoms with Crippen LogP contribution in [0.3, 0.4) is 0 Å². The predicted octanol–water partition coefficient (Wildman–Crippen LogP) is 1.69. The molecule has 0 rings (SSSR count). The molecule has 0 aliphatic heterocycles. The SMILES string of the molecule is CCCCCCCCCCCCCCCCCCS(=O)(=O)[O-].CCCCCCCCS(=O)(=O)[O-].[Na+].[Na+]. The van der Waals surface area contributed by atoms with E-state index in [9.17, 15) is 25.9 Å². The fourth-order valence-corrected chi connectivity index (χ4v) is 5.00. The molecule has 0 amide bonds. The molecule has 0 fully saturated rings. The Morgan fingerprint density at radius 2 is 0.528 bits per heavy atom. The van der Waals surface area contributed by atoms with Crippen molar-refractivity contribution in [1.82, 2.24) is 0 Å². The van der Waals surface area contributed by atoms with Crippen LogP contribution in [0.2, 0.25) is 0 Å². The van der Waals surface area contributed by atoms with Gasteiger partial charge in [0.2, 0.25) is 0 Å². The fraction of sp³-hybridized carbons (Fsp3) is 1.00. The third-order valence-electron chi connectivity index (χ3n) is 6.00. The van der Waals surface area contributed by atoms with Gasteiger partial charge in [-0.2, -0.15) is 0 Å². The maximum absolute atomic E-state index is 10.4. The Bertz CT molecular complexity index is 614. The van der Waals surface area contributed by atoms with Gasteiger partial charge in [-0.3, -0.25) is 0 Å². The molecular formula is C26H54Na2O6S2. The quantitative estimate of drug-likeness (QED) is 0.0988.